The van der Waals surface area contributed by atoms with Crippen LogP contribution in [0.5, 0.6) is 11.5 Å². The number of nitrogens with one attached hydrogen (secondary N) is 1. The second-order valence-corrected chi connectivity index (χ2v) is 6.87. The molecule has 7 nitrogen and oxygen atoms in total. The van der Waals surface area contributed by atoms with E-state index in [1.54, 1.807) is 25.1 Å². The van der Waals surface area contributed by atoms with E-state index in [9.17, 15) is 13.2 Å². The van der Waals surface area contributed by atoms with Crippen molar-refractivity contribution in [2.75, 3.05) is 36.4 Å². The first-order chi connectivity index (χ1) is 10.5. The average molecular weight is 328 g/mol. The molecule has 122 valence electrons. The second kappa shape index (κ2) is 6.87. The maximum absolute atomic E-state index is 12.3. The van der Waals surface area contributed by atoms with Crippen molar-refractivity contribution < 1.29 is 22.7 Å². The maximum Gasteiger partial charge on any atom is 0.240 e. The second-order valence-electron chi connectivity index (χ2n) is 4.69. The smallest absolute Gasteiger partial charge is 0.240 e. The first kappa shape index (κ1) is 16.4. The number of sulfonamides is 1. The van der Waals surface area contributed by atoms with Gasteiger partial charge in [0.1, 0.15) is 19.8 Å². The van der Waals surface area contributed by atoms with Gasteiger partial charge in [0, 0.05) is 12.6 Å². The lowest BCUT2D eigenvalue weighted by Crippen LogP contribution is -2.41. The minimum Gasteiger partial charge on any atom is -0.486 e. The van der Waals surface area contributed by atoms with Crippen LogP contribution in [0.3, 0.4) is 0 Å². The summed E-state index contributed by atoms with van der Waals surface area (Å²) in [5, 5.41) is 2.60. The molecule has 0 bridgehead atoms. The van der Waals surface area contributed by atoms with Crippen LogP contribution in [0, 0.1) is 0 Å². The molecule has 1 aromatic carbocycles. The first-order valence-electron chi connectivity index (χ1n) is 7.14. The molecule has 1 aliphatic rings. The molecule has 1 heterocycles. The number of hydrogen-bond acceptors (Lipinski definition) is 5. The fourth-order valence-corrected chi connectivity index (χ4v) is 3.14. The Labute approximate surface area is 130 Å². The summed E-state index contributed by atoms with van der Waals surface area (Å²) < 4.78 is 36.5. The number of carbonyl (C=O) groups is 1. The van der Waals surface area contributed by atoms with Crippen molar-refractivity contribution in [3.8, 4) is 11.5 Å². The summed E-state index contributed by atoms with van der Waals surface area (Å²) in [6.45, 7) is 4.37. The molecule has 1 amide bonds. The lowest BCUT2D eigenvalue weighted by Gasteiger charge is -2.25. The lowest BCUT2D eigenvalue weighted by atomic mass is 10.2. The van der Waals surface area contributed by atoms with Gasteiger partial charge < -0.3 is 14.8 Å². The van der Waals surface area contributed by atoms with E-state index in [0.29, 0.717) is 36.9 Å². The third kappa shape index (κ3) is 3.62. The van der Waals surface area contributed by atoms with Gasteiger partial charge in [-0.05, 0) is 26.0 Å². The molecule has 1 N–H and O–H groups in total. The number of nitrogens with zero attached hydrogens (tertiary/aromatic N) is 1. The molecule has 0 spiro atoms. The van der Waals surface area contributed by atoms with Crippen LogP contribution in [-0.2, 0) is 14.8 Å². The van der Waals surface area contributed by atoms with Crippen molar-refractivity contribution in [1.82, 2.24) is 5.32 Å². The third-order valence-corrected chi connectivity index (χ3v) is 4.92. The molecule has 1 aromatic rings. The summed E-state index contributed by atoms with van der Waals surface area (Å²) in [4.78, 5) is 11.8. The molecule has 0 aromatic heterocycles. The van der Waals surface area contributed by atoms with Crippen molar-refractivity contribution in [1.29, 1.82) is 0 Å². The van der Waals surface area contributed by atoms with Gasteiger partial charge in [0.25, 0.3) is 0 Å². The Morgan fingerprint density at radius 3 is 2.55 bits per heavy atom. The first-order valence-corrected chi connectivity index (χ1v) is 8.75. The molecular formula is C14H20N2O5S. The van der Waals surface area contributed by atoms with E-state index in [-0.39, 0.29) is 18.2 Å². The number of amides is 1. The molecule has 0 unspecified atom stereocenters. The molecule has 2 rings (SSSR count). The highest BCUT2D eigenvalue weighted by molar-refractivity contribution is 7.92. The van der Waals surface area contributed by atoms with E-state index in [0.717, 1.165) is 4.31 Å². The number of benzene rings is 1. The highest BCUT2D eigenvalue weighted by Gasteiger charge is 2.25. The summed E-state index contributed by atoms with van der Waals surface area (Å²) in [5.74, 6) is 0.605. The largest absolute Gasteiger partial charge is 0.486 e. The van der Waals surface area contributed by atoms with Crippen molar-refractivity contribution in [3.05, 3.63) is 18.2 Å². The van der Waals surface area contributed by atoms with Gasteiger partial charge >= 0.3 is 0 Å². The standard InChI is InChI=1S/C14H20N2O5S/c1-3-15-14(17)10-16(22(18,19)4-2)11-5-6-12-13(9-11)21-8-7-20-12/h5-6,9H,3-4,7-8,10H2,1-2H3,(H,15,17). The fourth-order valence-electron chi connectivity index (χ4n) is 2.08. The Balaban J connectivity index is 2.34. The van der Waals surface area contributed by atoms with Crippen LogP contribution in [0.4, 0.5) is 5.69 Å². The Hall–Kier alpha value is -1.96. The van der Waals surface area contributed by atoms with E-state index in [4.69, 9.17) is 9.47 Å². The van der Waals surface area contributed by atoms with Gasteiger partial charge in [0.05, 0.1) is 11.4 Å². The van der Waals surface area contributed by atoms with E-state index in [2.05, 4.69) is 5.32 Å². The monoisotopic (exact) mass is 328 g/mol. The van der Waals surface area contributed by atoms with Gasteiger partial charge in [0.2, 0.25) is 15.9 Å². The Bertz CT molecular complexity index is 645. The fraction of sp³-hybridized carbons (Fsp3) is 0.500. The van der Waals surface area contributed by atoms with E-state index < -0.39 is 10.0 Å². The van der Waals surface area contributed by atoms with Crippen LogP contribution >= 0.6 is 0 Å². The highest BCUT2D eigenvalue weighted by atomic mass is 32.2. The van der Waals surface area contributed by atoms with Crippen molar-refractivity contribution in [3.63, 3.8) is 0 Å². The van der Waals surface area contributed by atoms with Crippen LogP contribution in [0.1, 0.15) is 13.8 Å². The minimum atomic E-state index is -3.58. The zero-order valence-corrected chi connectivity index (χ0v) is 13.5. The van der Waals surface area contributed by atoms with Crippen molar-refractivity contribution >= 4 is 21.6 Å². The van der Waals surface area contributed by atoms with Crippen LogP contribution in [-0.4, -0.2) is 46.4 Å². The minimum absolute atomic E-state index is 0.0964. The predicted octanol–water partition coefficient (Wildman–Crippen LogP) is 0.750. The highest BCUT2D eigenvalue weighted by Crippen LogP contribution is 2.34. The molecule has 0 fully saturated rings. The molecule has 22 heavy (non-hydrogen) atoms. The molecule has 0 radical (unpaired) electrons. The molecule has 0 saturated heterocycles. The van der Waals surface area contributed by atoms with Gasteiger partial charge in [-0.2, -0.15) is 0 Å². The zero-order valence-electron chi connectivity index (χ0n) is 12.7. The molecule has 0 atom stereocenters. The number of carbonyl (C=O) groups excluding carboxylic acids is 1. The molecule has 8 heteroatoms. The normalized spacial score (nSPS) is 13.5. The van der Waals surface area contributed by atoms with Crippen molar-refractivity contribution in [2.45, 2.75) is 13.8 Å². The summed E-state index contributed by atoms with van der Waals surface area (Å²) in [6.07, 6.45) is 0. The summed E-state index contributed by atoms with van der Waals surface area (Å²) >= 11 is 0. The average Bonchev–Trinajstić information content (AvgIpc) is 2.52. The summed E-state index contributed by atoms with van der Waals surface area (Å²) in [7, 11) is -3.58. The number of hydrogen-bond donors (Lipinski definition) is 1. The SMILES string of the molecule is CCNC(=O)CN(c1ccc2c(c1)OCCO2)S(=O)(=O)CC. The maximum atomic E-state index is 12.3. The number of ether oxygens (including phenoxy) is 2. The van der Waals surface area contributed by atoms with Gasteiger partial charge in [-0.1, -0.05) is 0 Å². The Kier molecular flexibility index (Phi) is 5.12. The number of anilines is 1. The topological polar surface area (TPSA) is 84.9 Å². The number of fused-ring (bicyclic) bond motifs is 1. The molecule has 0 saturated carbocycles. The number of likely N-dealkylation sites (N-methyl/N-ethyl adjacent to an activating group) is 1. The Morgan fingerprint density at radius 2 is 1.91 bits per heavy atom. The van der Waals surface area contributed by atoms with Crippen LogP contribution in [0.15, 0.2) is 18.2 Å². The van der Waals surface area contributed by atoms with Gasteiger partial charge in [-0.25, -0.2) is 8.42 Å². The quantitative estimate of drug-likeness (QED) is 0.833. The van der Waals surface area contributed by atoms with Crippen LogP contribution in [0.2, 0.25) is 0 Å². The molecule has 0 aliphatic carbocycles. The lowest BCUT2D eigenvalue weighted by molar-refractivity contribution is -0.119. The number of rotatable bonds is 6. The zero-order chi connectivity index (χ0) is 16.2. The van der Waals surface area contributed by atoms with Gasteiger partial charge in [-0.15, -0.1) is 0 Å². The van der Waals surface area contributed by atoms with E-state index >= 15 is 0 Å². The van der Waals surface area contributed by atoms with Crippen LogP contribution < -0.4 is 19.1 Å². The van der Waals surface area contributed by atoms with Crippen molar-refractivity contribution in [2.24, 2.45) is 0 Å². The third-order valence-electron chi connectivity index (χ3n) is 3.18. The van der Waals surface area contributed by atoms with Crippen LogP contribution in [0.25, 0.3) is 0 Å². The van der Waals surface area contributed by atoms with E-state index in [1.165, 1.54) is 6.92 Å². The Morgan fingerprint density at radius 1 is 1.23 bits per heavy atom. The van der Waals surface area contributed by atoms with Gasteiger partial charge in [0.15, 0.2) is 11.5 Å². The molecule has 1 aliphatic heterocycles. The summed E-state index contributed by atoms with van der Waals surface area (Å²) in [6, 6.07) is 4.85. The van der Waals surface area contributed by atoms with Gasteiger partial charge in [-0.3, -0.25) is 9.10 Å². The van der Waals surface area contributed by atoms with E-state index in [1.807, 2.05) is 0 Å². The predicted molar refractivity (Wildman–Crippen MR) is 82.9 cm³/mol. The summed E-state index contributed by atoms with van der Waals surface area (Å²) in [5.41, 5.74) is 0.386. The molecular weight excluding hydrogens is 308 g/mol.